The second-order valence-electron chi connectivity index (χ2n) is 8.00. The van der Waals surface area contributed by atoms with Gasteiger partial charge in [0.05, 0.1) is 14.2 Å². The van der Waals surface area contributed by atoms with Crippen LogP contribution in [0.4, 0.5) is 11.4 Å². The summed E-state index contributed by atoms with van der Waals surface area (Å²) in [7, 11) is 3.05. The van der Waals surface area contributed by atoms with Crippen LogP contribution in [-0.2, 0) is 4.79 Å². The number of ether oxygens (including phenoxy) is 2. The SMILES string of the molecule is COc1cccc(OC)c1C(=O)Nc1ccc(N2CCN(C(=O)CC(C)C)CC2)cc1. The molecule has 0 aliphatic carbocycles. The Balaban J connectivity index is 1.62. The molecule has 1 N–H and O–H groups in total. The fourth-order valence-electron chi connectivity index (χ4n) is 3.72. The largest absolute Gasteiger partial charge is 0.496 e. The van der Waals surface area contributed by atoms with Gasteiger partial charge in [0.15, 0.2) is 0 Å². The molecule has 1 aliphatic heterocycles. The molecule has 2 amide bonds. The molecule has 0 spiro atoms. The second-order valence-corrected chi connectivity index (χ2v) is 8.00. The molecular weight excluding hydrogens is 394 g/mol. The van der Waals surface area contributed by atoms with Gasteiger partial charge in [-0.2, -0.15) is 0 Å². The van der Waals surface area contributed by atoms with Crippen molar-refractivity contribution in [3.63, 3.8) is 0 Å². The number of anilines is 2. The van der Waals surface area contributed by atoms with Crippen molar-refractivity contribution in [3.8, 4) is 11.5 Å². The number of piperazine rings is 1. The summed E-state index contributed by atoms with van der Waals surface area (Å²) in [6.45, 7) is 7.20. The van der Waals surface area contributed by atoms with E-state index in [1.54, 1.807) is 18.2 Å². The fraction of sp³-hybridized carbons (Fsp3) is 0.417. The Hall–Kier alpha value is -3.22. The molecule has 1 aliphatic rings. The summed E-state index contributed by atoms with van der Waals surface area (Å²) in [5.74, 6) is 1.24. The van der Waals surface area contributed by atoms with Crippen LogP contribution in [0.2, 0.25) is 0 Å². The highest BCUT2D eigenvalue weighted by atomic mass is 16.5. The number of benzene rings is 2. The predicted octanol–water partition coefficient (Wildman–Crippen LogP) is 3.65. The Kier molecular flexibility index (Phi) is 7.39. The van der Waals surface area contributed by atoms with Crippen molar-refractivity contribution in [2.45, 2.75) is 20.3 Å². The van der Waals surface area contributed by atoms with Crippen LogP contribution in [-0.4, -0.2) is 57.1 Å². The Morgan fingerprint density at radius 3 is 2.03 bits per heavy atom. The van der Waals surface area contributed by atoms with Gasteiger partial charge in [-0.05, 0) is 42.3 Å². The first-order chi connectivity index (χ1) is 14.9. The molecule has 7 nitrogen and oxygen atoms in total. The summed E-state index contributed by atoms with van der Waals surface area (Å²) in [4.78, 5) is 29.3. The van der Waals surface area contributed by atoms with Crippen LogP contribution in [0.5, 0.6) is 11.5 Å². The van der Waals surface area contributed by atoms with Gasteiger partial charge in [0, 0.05) is 44.0 Å². The van der Waals surface area contributed by atoms with Crippen molar-refractivity contribution in [1.82, 2.24) is 4.90 Å². The highest BCUT2D eigenvalue weighted by molar-refractivity contribution is 6.08. The molecular formula is C24H31N3O4. The van der Waals surface area contributed by atoms with E-state index in [0.717, 1.165) is 31.9 Å². The molecule has 31 heavy (non-hydrogen) atoms. The average molecular weight is 426 g/mol. The number of methoxy groups -OCH3 is 2. The summed E-state index contributed by atoms with van der Waals surface area (Å²) in [6.07, 6.45) is 0.603. The molecule has 0 saturated carbocycles. The minimum Gasteiger partial charge on any atom is -0.496 e. The minimum absolute atomic E-state index is 0.236. The second kappa shape index (κ2) is 10.2. The third-order valence-electron chi connectivity index (χ3n) is 5.36. The summed E-state index contributed by atoms with van der Waals surface area (Å²) >= 11 is 0. The van der Waals surface area contributed by atoms with Gasteiger partial charge < -0.3 is 24.6 Å². The van der Waals surface area contributed by atoms with Gasteiger partial charge in [-0.15, -0.1) is 0 Å². The highest BCUT2D eigenvalue weighted by Gasteiger charge is 2.22. The number of rotatable bonds is 7. The quantitative estimate of drug-likeness (QED) is 0.733. The monoisotopic (exact) mass is 425 g/mol. The van der Waals surface area contributed by atoms with Gasteiger partial charge in [-0.25, -0.2) is 0 Å². The van der Waals surface area contributed by atoms with Crippen LogP contribution in [0.3, 0.4) is 0 Å². The number of hydrogen-bond donors (Lipinski definition) is 1. The molecule has 3 rings (SSSR count). The Bertz CT molecular complexity index is 881. The zero-order chi connectivity index (χ0) is 22.4. The van der Waals surface area contributed by atoms with Crippen molar-refractivity contribution in [2.75, 3.05) is 50.6 Å². The number of nitrogens with zero attached hydrogens (tertiary/aromatic N) is 2. The molecule has 166 valence electrons. The summed E-state index contributed by atoms with van der Waals surface area (Å²) in [5, 5.41) is 2.91. The van der Waals surface area contributed by atoms with Crippen LogP contribution >= 0.6 is 0 Å². The molecule has 0 unspecified atom stereocenters. The predicted molar refractivity (Wildman–Crippen MR) is 122 cm³/mol. The van der Waals surface area contributed by atoms with Gasteiger partial charge in [-0.1, -0.05) is 19.9 Å². The van der Waals surface area contributed by atoms with E-state index < -0.39 is 0 Å². The van der Waals surface area contributed by atoms with Crippen LogP contribution in [0.25, 0.3) is 0 Å². The van der Waals surface area contributed by atoms with Crippen molar-refractivity contribution in [3.05, 3.63) is 48.0 Å². The van der Waals surface area contributed by atoms with E-state index in [4.69, 9.17) is 9.47 Å². The molecule has 0 bridgehead atoms. The lowest BCUT2D eigenvalue weighted by atomic mass is 10.1. The summed E-state index contributed by atoms with van der Waals surface area (Å²) in [6, 6.07) is 13.0. The van der Waals surface area contributed by atoms with Gasteiger partial charge >= 0.3 is 0 Å². The number of amides is 2. The van der Waals surface area contributed by atoms with Gasteiger partial charge in [0.1, 0.15) is 17.1 Å². The number of carbonyl (C=O) groups is 2. The molecule has 0 aromatic heterocycles. The molecule has 2 aromatic rings. The maximum atomic E-state index is 12.8. The standard InChI is InChI=1S/C24H31N3O4/c1-17(2)16-22(28)27-14-12-26(13-15-27)19-10-8-18(9-11-19)25-24(29)23-20(30-3)6-5-7-21(23)31-4/h5-11,17H,12-16H2,1-4H3,(H,25,29). The fourth-order valence-corrected chi connectivity index (χ4v) is 3.72. The van der Waals surface area contributed by atoms with Crippen molar-refractivity contribution in [1.29, 1.82) is 0 Å². The van der Waals surface area contributed by atoms with E-state index in [2.05, 4.69) is 24.1 Å². The lowest BCUT2D eigenvalue weighted by Gasteiger charge is -2.36. The molecule has 2 aromatic carbocycles. The maximum absolute atomic E-state index is 12.8. The zero-order valence-electron chi connectivity index (χ0n) is 18.7. The first-order valence-electron chi connectivity index (χ1n) is 10.6. The van der Waals surface area contributed by atoms with Crippen LogP contribution in [0.1, 0.15) is 30.6 Å². The van der Waals surface area contributed by atoms with E-state index >= 15 is 0 Å². The average Bonchev–Trinajstić information content (AvgIpc) is 2.78. The molecule has 7 heteroatoms. The molecule has 0 atom stereocenters. The Labute approximate surface area is 183 Å². The summed E-state index contributed by atoms with van der Waals surface area (Å²) < 4.78 is 10.6. The third kappa shape index (κ3) is 5.48. The van der Waals surface area contributed by atoms with Crippen molar-refractivity contribution >= 4 is 23.2 Å². The summed E-state index contributed by atoms with van der Waals surface area (Å²) in [5.41, 5.74) is 2.12. The van der Waals surface area contributed by atoms with Crippen molar-refractivity contribution < 1.29 is 19.1 Å². The zero-order valence-corrected chi connectivity index (χ0v) is 18.7. The first kappa shape index (κ1) is 22.5. The number of carbonyl (C=O) groups excluding carboxylic acids is 2. The normalized spacial score (nSPS) is 13.8. The smallest absolute Gasteiger partial charge is 0.263 e. The van der Waals surface area contributed by atoms with E-state index in [-0.39, 0.29) is 11.8 Å². The lowest BCUT2D eigenvalue weighted by molar-refractivity contribution is -0.132. The first-order valence-corrected chi connectivity index (χ1v) is 10.6. The van der Waals surface area contributed by atoms with Crippen LogP contribution in [0.15, 0.2) is 42.5 Å². The molecule has 0 radical (unpaired) electrons. The third-order valence-corrected chi connectivity index (χ3v) is 5.36. The van der Waals surface area contributed by atoms with Gasteiger partial charge in [0.25, 0.3) is 5.91 Å². The Morgan fingerprint density at radius 2 is 1.52 bits per heavy atom. The van der Waals surface area contributed by atoms with Crippen LogP contribution in [0, 0.1) is 5.92 Å². The van der Waals surface area contributed by atoms with Gasteiger partial charge in [0.2, 0.25) is 5.91 Å². The molecule has 1 saturated heterocycles. The maximum Gasteiger partial charge on any atom is 0.263 e. The van der Waals surface area contributed by atoms with E-state index in [1.807, 2.05) is 29.2 Å². The van der Waals surface area contributed by atoms with E-state index in [9.17, 15) is 9.59 Å². The van der Waals surface area contributed by atoms with Crippen LogP contribution < -0.4 is 19.7 Å². The van der Waals surface area contributed by atoms with Crippen molar-refractivity contribution in [2.24, 2.45) is 5.92 Å². The van der Waals surface area contributed by atoms with E-state index in [0.29, 0.717) is 35.1 Å². The molecule has 1 fully saturated rings. The topological polar surface area (TPSA) is 71.1 Å². The number of hydrogen-bond acceptors (Lipinski definition) is 5. The minimum atomic E-state index is -0.292. The van der Waals surface area contributed by atoms with Gasteiger partial charge in [-0.3, -0.25) is 9.59 Å². The molecule has 1 heterocycles. The lowest BCUT2D eigenvalue weighted by Crippen LogP contribution is -2.49. The highest BCUT2D eigenvalue weighted by Crippen LogP contribution is 2.29. The van der Waals surface area contributed by atoms with E-state index in [1.165, 1.54) is 14.2 Å². The Morgan fingerprint density at radius 1 is 0.935 bits per heavy atom. The number of nitrogens with one attached hydrogen (secondary N) is 1.